The molecule has 2 aromatic rings. The van der Waals surface area contributed by atoms with Crippen LogP contribution in [0.1, 0.15) is 23.1 Å². The molecule has 1 aliphatic rings. The van der Waals surface area contributed by atoms with Gasteiger partial charge < -0.3 is 20.3 Å². The van der Waals surface area contributed by atoms with E-state index < -0.39 is 0 Å². The number of hydrogen-bond donors (Lipinski definition) is 2. The van der Waals surface area contributed by atoms with Crippen LogP contribution in [0.25, 0.3) is 0 Å². The number of likely N-dealkylation sites (tertiary alicyclic amines) is 1. The molecule has 31 heavy (non-hydrogen) atoms. The molecule has 0 aromatic heterocycles. The number of methoxy groups -OCH3 is 1. The first-order valence-electron chi connectivity index (χ1n) is 10.5. The second-order valence-corrected chi connectivity index (χ2v) is 7.76. The third kappa shape index (κ3) is 7.41. The number of rotatable bonds is 8. The highest BCUT2D eigenvalue weighted by molar-refractivity contribution is 14.0. The number of halogens is 1. The van der Waals surface area contributed by atoms with Gasteiger partial charge in [-0.2, -0.15) is 0 Å². The standard InChI is InChI=1S/C24H32N4O2.HI/c1-18-9-10-20(13-22(18)30-3)15-26-24(25-2)27-16-21-14-23(29)28(17-21)12-11-19-7-5-4-6-8-19;/h4-10,13,21H,11-12,14-17H2,1-3H3,(H2,25,26,27);1H. The summed E-state index contributed by atoms with van der Waals surface area (Å²) in [6, 6.07) is 16.5. The molecule has 1 fully saturated rings. The zero-order valence-electron chi connectivity index (χ0n) is 18.6. The van der Waals surface area contributed by atoms with E-state index in [1.54, 1.807) is 14.2 Å². The van der Waals surface area contributed by atoms with Crippen molar-refractivity contribution in [3.63, 3.8) is 0 Å². The van der Waals surface area contributed by atoms with Crippen LogP contribution in [0.5, 0.6) is 5.75 Å². The van der Waals surface area contributed by atoms with E-state index >= 15 is 0 Å². The third-order valence-corrected chi connectivity index (χ3v) is 5.52. The predicted octanol–water partition coefficient (Wildman–Crippen LogP) is 3.38. The minimum absolute atomic E-state index is 0. The molecule has 0 aliphatic carbocycles. The molecule has 1 unspecified atom stereocenters. The molecule has 1 saturated heterocycles. The van der Waals surface area contributed by atoms with Crippen LogP contribution in [0.15, 0.2) is 53.5 Å². The Morgan fingerprint density at radius 1 is 1.16 bits per heavy atom. The van der Waals surface area contributed by atoms with Gasteiger partial charge in [0.15, 0.2) is 5.96 Å². The highest BCUT2D eigenvalue weighted by Gasteiger charge is 2.29. The quantitative estimate of drug-likeness (QED) is 0.309. The highest BCUT2D eigenvalue weighted by Crippen LogP contribution is 2.19. The summed E-state index contributed by atoms with van der Waals surface area (Å²) in [7, 11) is 3.45. The van der Waals surface area contributed by atoms with Gasteiger partial charge in [0.2, 0.25) is 5.91 Å². The fourth-order valence-corrected chi connectivity index (χ4v) is 3.74. The Kier molecular flexibility index (Phi) is 10.1. The topological polar surface area (TPSA) is 66.0 Å². The van der Waals surface area contributed by atoms with E-state index in [1.807, 2.05) is 36.1 Å². The number of hydrogen-bond acceptors (Lipinski definition) is 3. The SMILES string of the molecule is CN=C(NCc1ccc(C)c(OC)c1)NCC1CC(=O)N(CCc2ccccc2)C1.I. The average molecular weight is 536 g/mol. The van der Waals surface area contributed by atoms with Crippen LogP contribution in [0.4, 0.5) is 0 Å². The number of carbonyl (C=O) groups is 1. The average Bonchev–Trinajstić information content (AvgIpc) is 3.13. The van der Waals surface area contributed by atoms with Gasteiger partial charge in [-0.1, -0.05) is 42.5 Å². The van der Waals surface area contributed by atoms with E-state index in [2.05, 4.69) is 39.9 Å². The van der Waals surface area contributed by atoms with Crippen molar-refractivity contribution in [1.29, 1.82) is 0 Å². The monoisotopic (exact) mass is 536 g/mol. The van der Waals surface area contributed by atoms with Crippen molar-refractivity contribution in [2.24, 2.45) is 10.9 Å². The summed E-state index contributed by atoms with van der Waals surface area (Å²) < 4.78 is 5.39. The first kappa shape index (κ1) is 25.0. The minimum atomic E-state index is 0. The fraction of sp³-hybridized carbons (Fsp3) is 0.417. The number of benzene rings is 2. The van der Waals surface area contributed by atoms with Crippen LogP contribution < -0.4 is 15.4 Å². The second kappa shape index (κ2) is 12.5. The smallest absolute Gasteiger partial charge is 0.223 e. The number of guanidine groups is 1. The Morgan fingerprint density at radius 3 is 2.65 bits per heavy atom. The van der Waals surface area contributed by atoms with Crippen molar-refractivity contribution in [2.75, 3.05) is 33.8 Å². The van der Waals surface area contributed by atoms with Crippen LogP contribution in [-0.4, -0.2) is 50.6 Å². The van der Waals surface area contributed by atoms with E-state index in [0.717, 1.165) is 48.9 Å². The molecule has 0 bridgehead atoms. The minimum Gasteiger partial charge on any atom is -0.496 e. The molecule has 7 heteroatoms. The Hall–Kier alpha value is -2.29. The Bertz CT molecular complexity index is 873. The van der Waals surface area contributed by atoms with Crippen molar-refractivity contribution in [2.45, 2.75) is 26.3 Å². The van der Waals surface area contributed by atoms with Crippen LogP contribution in [0, 0.1) is 12.8 Å². The molecule has 168 valence electrons. The van der Waals surface area contributed by atoms with Crippen molar-refractivity contribution < 1.29 is 9.53 Å². The van der Waals surface area contributed by atoms with E-state index in [9.17, 15) is 4.79 Å². The Morgan fingerprint density at radius 2 is 1.94 bits per heavy atom. The molecule has 2 aromatic carbocycles. The van der Waals surface area contributed by atoms with Crippen LogP contribution in [0.2, 0.25) is 0 Å². The zero-order valence-corrected chi connectivity index (χ0v) is 20.9. The molecule has 0 spiro atoms. The van der Waals surface area contributed by atoms with Gasteiger partial charge in [0.25, 0.3) is 0 Å². The van der Waals surface area contributed by atoms with Gasteiger partial charge in [-0.05, 0) is 36.1 Å². The second-order valence-electron chi connectivity index (χ2n) is 7.76. The molecule has 1 heterocycles. The molecule has 1 amide bonds. The van der Waals surface area contributed by atoms with E-state index in [0.29, 0.717) is 18.9 Å². The van der Waals surface area contributed by atoms with Crippen molar-refractivity contribution in [1.82, 2.24) is 15.5 Å². The van der Waals surface area contributed by atoms with E-state index in [4.69, 9.17) is 4.74 Å². The molecule has 1 aliphatic heterocycles. The number of nitrogens with one attached hydrogen (secondary N) is 2. The molecular formula is C24H33IN4O2. The van der Waals surface area contributed by atoms with Crippen molar-refractivity contribution in [3.05, 3.63) is 65.2 Å². The number of ether oxygens (including phenoxy) is 1. The molecular weight excluding hydrogens is 503 g/mol. The number of aliphatic imine (C=N–C) groups is 1. The van der Waals surface area contributed by atoms with Gasteiger partial charge in [0.1, 0.15) is 5.75 Å². The lowest BCUT2D eigenvalue weighted by Gasteiger charge is -2.18. The van der Waals surface area contributed by atoms with Crippen LogP contribution in [0.3, 0.4) is 0 Å². The van der Waals surface area contributed by atoms with E-state index in [-0.39, 0.29) is 29.9 Å². The first-order valence-corrected chi connectivity index (χ1v) is 10.5. The number of nitrogens with zero attached hydrogens (tertiary/aromatic N) is 2. The summed E-state index contributed by atoms with van der Waals surface area (Å²) in [4.78, 5) is 18.6. The molecule has 0 saturated carbocycles. The van der Waals surface area contributed by atoms with Crippen molar-refractivity contribution in [3.8, 4) is 5.75 Å². The van der Waals surface area contributed by atoms with Gasteiger partial charge in [0, 0.05) is 45.6 Å². The molecule has 2 N–H and O–H groups in total. The number of aryl methyl sites for hydroxylation is 1. The van der Waals surface area contributed by atoms with Crippen molar-refractivity contribution >= 4 is 35.8 Å². The first-order chi connectivity index (χ1) is 14.6. The number of carbonyl (C=O) groups excluding carboxylic acids is 1. The molecule has 0 radical (unpaired) electrons. The van der Waals surface area contributed by atoms with Gasteiger partial charge in [-0.15, -0.1) is 24.0 Å². The maximum atomic E-state index is 12.4. The van der Waals surface area contributed by atoms with E-state index in [1.165, 1.54) is 5.56 Å². The summed E-state index contributed by atoms with van der Waals surface area (Å²) in [5.41, 5.74) is 3.51. The van der Waals surface area contributed by atoms with Crippen LogP contribution >= 0.6 is 24.0 Å². The Balaban J connectivity index is 0.00000341. The Labute approximate surface area is 202 Å². The lowest BCUT2D eigenvalue weighted by molar-refractivity contribution is -0.127. The summed E-state index contributed by atoms with van der Waals surface area (Å²) >= 11 is 0. The normalized spacial score (nSPS) is 16.1. The summed E-state index contributed by atoms with van der Waals surface area (Å²) in [5, 5.41) is 6.70. The zero-order chi connectivity index (χ0) is 21.3. The highest BCUT2D eigenvalue weighted by atomic mass is 127. The van der Waals surface area contributed by atoms with Gasteiger partial charge in [-0.25, -0.2) is 0 Å². The lowest BCUT2D eigenvalue weighted by Crippen LogP contribution is -2.40. The van der Waals surface area contributed by atoms with Gasteiger partial charge in [-0.3, -0.25) is 9.79 Å². The summed E-state index contributed by atoms with van der Waals surface area (Å²) in [6.07, 6.45) is 1.49. The third-order valence-electron chi connectivity index (χ3n) is 5.52. The summed E-state index contributed by atoms with van der Waals surface area (Å²) in [6.45, 7) is 4.99. The van der Waals surface area contributed by atoms with Crippen LogP contribution in [-0.2, 0) is 17.8 Å². The number of amides is 1. The maximum Gasteiger partial charge on any atom is 0.223 e. The van der Waals surface area contributed by atoms with Gasteiger partial charge in [0.05, 0.1) is 7.11 Å². The lowest BCUT2D eigenvalue weighted by atomic mass is 10.1. The summed E-state index contributed by atoms with van der Waals surface area (Å²) in [5.74, 6) is 2.17. The maximum absolute atomic E-state index is 12.4. The molecule has 6 nitrogen and oxygen atoms in total. The van der Waals surface area contributed by atoms with Gasteiger partial charge >= 0.3 is 0 Å². The fourth-order valence-electron chi connectivity index (χ4n) is 3.74. The largest absolute Gasteiger partial charge is 0.496 e. The predicted molar refractivity (Wildman–Crippen MR) is 136 cm³/mol. The molecule has 3 rings (SSSR count). The molecule has 1 atom stereocenters.